The first-order valence-electron chi connectivity index (χ1n) is 12.6. The first-order chi connectivity index (χ1) is 17.7. The molecule has 0 bridgehead atoms. The second-order valence-corrected chi connectivity index (χ2v) is 9.16. The van der Waals surface area contributed by atoms with Gasteiger partial charge >= 0.3 is 6.09 Å². The zero-order valence-corrected chi connectivity index (χ0v) is 22.1. The third-order valence-corrected chi connectivity index (χ3v) is 6.17. The van der Waals surface area contributed by atoms with E-state index in [9.17, 15) is 14.7 Å². The van der Waals surface area contributed by atoms with Crippen molar-refractivity contribution in [1.82, 2.24) is 15.1 Å². The minimum Gasteiger partial charge on any atom is -0.507 e. The number of aromatic amines is 1. The number of hydrogen-bond donors (Lipinski definition) is 3. The smallest absolute Gasteiger partial charge is 0.410 e. The molecule has 2 atom stereocenters. The lowest BCUT2D eigenvalue weighted by Gasteiger charge is -2.21. The molecule has 1 saturated carbocycles. The van der Waals surface area contributed by atoms with Crippen LogP contribution in [0, 0.1) is 0 Å². The van der Waals surface area contributed by atoms with E-state index in [4.69, 9.17) is 14.2 Å². The van der Waals surface area contributed by atoms with Gasteiger partial charge in [0.25, 0.3) is 5.91 Å². The van der Waals surface area contributed by atoms with Crippen LogP contribution in [-0.4, -0.2) is 77.4 Å². The number of amides is 2. The molecule has 0 saturated heterocycles. The minimum atomic E-state index is -0.412. The lowest BCUT2D eigenvalue weighted by atomic mass is 10.0. The molecule has 1 heterocycles. The van der Waals surface area contributed by atoms with Gasteiger partial charge in [-0.25, -0.2) is 4.79 Å². The first kappa shape index (κ1) is 27.8. The predicted octanol–water partition coefficient (Wildman–Crippen LogP) is 4.08. The molecular weight excluding hydrogens is 478 g/mol. The van der Waals surface area contributed by atoms with Crippen LogP contribution in [0.4, 0.5) is 10.6 Å². The number of phenols is 1. The van der Waals surface area contributed by atoms with Gasteiger partial charge in [0.2, 0.25) is 0 Å². The summed E-state index contributed by atoms with van der Waals surface area (Å²) >= 11 is 0. The number of hydrogen-bond acceptors (Lipinski definition) is 8. The highest BCUT2D eigenvalue weighted by Crippen LogP contribution is 2.36. The highest BCUT2D eigenvalue weighted by atomic mass is 16.6. The monoisotopic (exact) mass is 515 g/mol. The van der Waals surface area contributed by atoms with Gasteiger partial charge in [0.05, 0.1) is 12.7 Å². The summed E-state index contributed by atoms with van der Waals surface area (Å²) in [5.41, 5.74) is 1.24. The van der Waals surface area contributed by atoms with E-state index in [1.54, 1.807) is 17.0 Å². The number of ether oxygens (including phenoxy) is 3. The Bertz CT molecular complexity index is 1100. The van der Waals surface area contributed by atoms with Crippen molar-refractivity contribution in [2.24, 2.45) is 4.99 Å². The van der Waals surface area contributed by atoms with E-state index in [2.05, 4.69) is 20.5 Å². The molecule has 2 unspecified atom stereocenters. The first-order valence-corrected chi connectivity index (χ1v) is 12.6. The standard InChI is InChI=1S/C26H37N5O6/c1-6-31(7-2)26(34)37-18-9-8-17(10-18)21-13-24(30-29-21)28-25(33)15-36-23-12-19(35-5)11-22(32)20(23)14-27-16(3)4/h11-14,16-18,32H,6-10,15H2,1-5H3,(H2,28,29,30,33). The number of nitrogens with zero attached hydrogens (tertiary/aromatic N) is 3. The van der Waals surface area contributed by atoms with Gasteiger partial charge in [0.15, 0.2) is 12.4 Å². The van der Waals surface area contributed by atoms with Crippen LogP contribution in [0.2, 0.25) is 0 Å². The van der Waals surface area contributed by atoms with Crippen molar-refractivity contribution in [1.29, 1.82) is 0 Å². The van der Waals surface area contributed by atoms with Crippen LogP contribution in [0.5, 0.6) is 17.2 Å². The van der Waals surface area contributed by atoms with E-state index in [1.807, 2.05) is 27.7 Å². The zero-order valence-electron chi connectivity index (χ0n) is 22.1. The van der Waals surface area contributed by atoms with E-state index >= 15 is 0 Å². The van der Waals surface area contributed by atoms with Crippen molar-refractivity contribution in [3.05, 3.63) is 29.5 Å². The highest BCUT2D eigenvalue weighted by molar-refractivity contribution is 5.92. The molecule has 37 heavy (non-hydrogen) atoms. The van der Waals surface area contributed by atoms with Crippen LogP contribution in [0.3, 0.4) is 0 Å². The molecule has 11 heteroatoms. The Morgan fingerprint density at radius 2 is 2.03 bits per heavy atom. The number of H-pyrrole nitrogens is 1. The molecule has 1 aromatic heterocycles. The van der Waals surface area contributed by atoms with Crippen LogP contribution in [0.25, 0.3) is 0 Å². The predicted molar refractivity (Wildman–Crippen MR) is 140 cm³/mol. The van der Waals surface area contributed by atoms with Gasteiger partial charge in [-0.2, -0.15) is 5.10 Å². The fourth-order valence-electron chi connectivity index (χ4n) is 4.14. The molecule has 2 aromatic rings. The van der Waals surface area contributed by atoms with Crippen LogP contribution in [0.15, 0.2) is 23.2 Å². The number of benzene rings is 1. The summed E-state index contributed by atoms with van der Waals surface area (Å²) in [4.78, 5) is 30.7. The lowest BCUT2D eigenvalue weighted by molar-refractivity contribution is -0.118. The number of rotatable bonds is 11. The van der Waals surface area contributed by atoms with Crippen molar-refractivity contribution in [2.75, 3.05) is 32.1 Å². The Kier molecular flexibility index (Phi) is 9.76. The normalized spacial score (nSPS) is 17.2. The Morgan fingerprint density at radius 1 is 1.27 bits per heavy atom. The van der Waals surface area contributed by atoms with Crippen LogP contribution in [0.1, 0.15) is 64.1 Å². The molecule has 3 N–H and O–H groups in total. The molecule has 0 radical (unpaired) electrons. The van der Waals surface area contributed by atoms with Gasteiger partial charge in [-0.15, -0.1) is 0 Å². The summed E-state index contributed by atoms with van der Waals surface area (Å²) in [5, 5.41) is 20.2. The van der Waals surface area contributed by atoms with Gasteiger partial charge in [-0.1, -0.05) is 0 Å². The molecule has 1 aromatic carbocycles. The summed E-state index contributed by atoms with van der Waals surface area (Å²) in [7, 11) is 1.48. The minimum absolute atomic E-state index is 0.0242. The molecule has 0 aliphatic heterocycles. The Morgan fingerprint density at radius 3 is 2.70 bits per heavy atom. The Balaban J connectivity index is 1.56. The SMILES string of the molecule is CCN(CC)C(=O)OC1CCC(c2cc(NC(=O)COc3cc(OC)cc(O)c3C=NC(C)C)n[nH]2)C1. The zero-order chi connectivity index (χ0) is 26.9. The van der Waals surface area contributed by atoms with Gasteiger partial charge in [0.1, 0.15) is 23.4 Å². The van der Waals surface area contributed by atoms with Gasteiger partial charge in [-0.3, -0.25) is 14.9 Å². The lowest BCUT2D eigenvalue weighted by Crippen LogP contribution is -2.33. The fourth-order valence-corrected chi connectivity index (χ4v) is 4.14. The highest BCUT2D eigenvalue weighted by Gasteiger charge is 2.31. The third-order valence-electron chi connectivity index (χ3n) is 6.17. The van der Waals surface area contributed by atoms with E-state index in [0.29, 0.717) is 36.6 Å². The van der Waals surface area contributed by atoms with Gasteiger partial charge in [-0.05, 0) is 47.0 Å². The van der Waals surface area contributed by atoms with E-state index in [-0.39, 0.29) is 42.3 Å². The van der Waals surface area contributed by atoms with Crippen molar-refractivity contribution < 1.29 is 28.9 Å². The number of phenolic OH excluding ortho intramolecular Hbond substituents is 1. The van der Waals surface area contributed by atoms with E-state index < -0.39 is 5.91 Å². The summed E-state index contributed by atoms with van der Waals surface area (Å²) in [5.74, 6) is 0.728. The number of carbonyl (C=O) groups excluding carboxylic acids is 2. The molecule has 1 fully saturated rings. The summed E-state index contributed by atoms with van der Waals surface area (Å²) < 4.78 is 16.5. The molecular formula is C26H37N5O6. The molecule has 3 rings (SSSR count). The molecule has 2 amide bonds. The number of aromatic nitrogens is 2. The second-order valence-electron chi connectivity index (χ2n) is 9.16. The summed E-state index contributed by atoms with van der Waals surface area (Å²) in [6.45, 7) is 8.60. The van der Waals surface area contributed by atoms with Crippen LogP contribution < -0.4 is 14.8 Å². The van der Waals surface area contributed by atoms with Crippen LogP contribution >= 0.6 is 0 Å². The number of nitrogens with one attached hydrogen (secondary N) is 2. The number of anilines is 1. The molecule has 1 aliphatic carbocycles. The van der Waals surface area contributed by atoms with Crippen LogP contribution in [-0.2, 0) is 9.53 Å². The van der Waals surface area contributed by atoms with E-state index in [1.165, 1.54) is 19.4 Å². The number of aromatic hydroxyl groups is 1. The Hall–Kier alpha value is -3.76. The maximum absolute atomic E-state index is 12.5. The summed E-state index contributed by atoms with van der Waals surface area (Å²) in [6.07, 6.45) is 3.43. The molecule has 11 nitrogen and oxygen atoms in total. The average molecular weight is 516 g/mol. The van der Waals surface area contributed by atoms with Crippen molar-refractivity contribution in [3.8, 4) is 17.2 Å². The largest absolute Gasteiger partial charge is 0.507 e. The maximum Gasteiger partial charge on any atom is 0.410 e. The Labute approximate surface area is 217 Å². The number of aliphatic imine (C=N–C) groups is 1. The second kappa shape index (κ2) is 13.0. The molecule has 1 aliphatic rings. The van der Waals surface area contributed by atoms with Crippen molar-refractivity contribution >= 4 is 24.0 Å². The van der Waals surface area contributed by atoms with Gasteiger partial charge < -0.3 is 29.5 Å². The quantitative estimate of drug-likeness (QED) is 0.383. The molecule has 202 valence electrons. The maximum atomic E-state index is 12.5. The average Bonchev–Trinajstić information content (AvgIpc) is 3.52. The van der Waals surface area contributed by atoms with E-state index in [0.717, 1.165) is 18.5 Å². The number of carbonyl (C=O) groups is 2. The summed E-state index contributed by atoms with van der Waals surface area (Å²) in [6, 6.07) is 4.86. The third kappa shape index (κ3) is 7.61. The van der Waals surface area contributed by atoms with Crippen molar-refractivity contribution in [2.45, 2.75) is 65.0 Å². The van der Waals surface area contributed by atoms with Crippen molar-refractivity contribution in [3.63, 3.8) is 0 Å². The molecule has 0 spiro atoms. The topological polar surface area (TPSA) is 138 Å². The van der Waals surface area contributed by atoms with Gasteiger partial charge in [0, 0.05) is 55.2 Å². The fraction of sp³-hybridized carbons (Fsp3) is 0.538. The number of methoxy groups -OCH3 is 1.